The van der Waals surface area contributed by atoms with Crippen LogP contribution in [0.1, 0.15) is 34.6 Å². The van der Waals surface area contributed by atoms with Crippen LogP contribution in [0, 0.1) is 6.92 Å². The van der Waals surface area contributed by atoms with Gasteiger partial charge in [0.2, 0.25) is 0 Å². The quantitative estimate of drug-likeness (QED) is 0.854. The Morgan fingerprint density at radius 3 is 2.95 bits per heavy atom. The van der Waals surface area contributed by atoms with Crippen molar-refractivity contribution in [2.45, 2.75) is 38.3 Å². The van der Waals surface area contributed by atoms with Crippen LogP contribution in [0.4, 0.5) is 5.13 Å². The lowest BCUT2D eigenvalue weighted by Gasteiger charge is -2.15. The number of carbonyl (C=O) groups is 1. The van der Waals surface area contributed by atoms with Gasteiger partial charge in [-0.05, 0) is 26.2 Å². The van der Waals surface area contributed by atoms with Crippen molar-refractivity contribution < 1.29 is 9.53 Å². The fourth-order valence-electron chi connectivity index (χ4n) is 2.60. The normalized spacial score (nSPS) is 23.6. The number of anilines is 1. The Labute approximate surface area is 117 Å². The van der Waals surface area contributed by atoms with Gasteiger partial charge >= 0.3 is 5.97 Å². The molecule has 1 atom stereocenters. The Bertz CT molecular complexity index is 484. The zero-order chi connectivity index (χ0) is 13.4. The van der Waals surface area contributed by atoms with Crippen molar-refractivity contribution in [3.63, 3.8) is 0 Å². The second kappa shape index (κ2) is 5.09. The Kier molecular flexibility index (Phi) is 3.45. The summed E-state index contributed by atoms with van der Waals surface area (Å²) < 4.78 is 4.73. The van der Waals surface area contributed by atoms with Crippen LogP contribution in [0.5, 0.6) is 0 Å². The van der Waals surface area contributed by atoms with Crippen molar-refractivity contribution in [2.24, 2.45) is 0 Å². The average molecular weight is 281 g/mol. The molecule has 6 heteroatoms. The van der Waals surface area contributed by atoms with E-state index in [9.17, 15) is 4.79 Å². The lowest BCUT2D eigenvalue weighted by atomic mass is 10.3. The standard InChI is InChI=1S/C13H19N3O2S/c1-8-11(12(17)18-2)15-13(19-8)14-9-5-6-16(7-9)10-3-4-10/h9-10H,3-7H2,1-2H3,(H,14,15). The van der Waals surface area contributed by atoms with E-state index in [1.54, 1.807) is 0 Å². The maximum atomic E-state index is 11.5. The first kappa shape index (κ1) is 12.9. The van der Waals surface area contributed by atoms with E-state index < -0.39 is 0 Å². The molecule has 2 heterocycles. The van der Waals surface area contributed by atoms with Crippen LogP contribution in [0.2, 0.25) is 0 Å². The van der Waals surface area contributed by atoms with Crippen molar-refractivity contribution in [1.82, 2.24) is 9.88 Å². The molecule has 0 spiro atoms. The lowest BCUT2D eigenvalue weighted by Crippen LogP contribution is -2.27. The zero-order valence-electron chi connectivity index (χ0n) is 11.3. The number of hydrogen-bond acceptors (Lipinski definition) is 6. The number of likely N-dealkylation sites (tertiary alicyclic amines) is 1. The molecule has 1 saturated heterocycles. The Morgan fingerprint density at radius 2 is 2.26 bits per heavy atom. The van der Waals surface area contributed by atoms with Crippen LogP contribution in [0.15, 0.2) is 0 Å². The van der Waals surface area contributed by atoms with E-state index in [2.05, 4.69) is 15.2 Å². The maximum absolute atomic E-state index is 11.5. The van der Waals surface area contributed by atoms with Crippen molar-refractivity contribution in [2.75, 3.05) is 25.5 Å². The second-order valence-corrected chi connectivity index (χ2v) is 6.47. The smallest absolute Gasteiger partial charge is 0.357 e. The van der Waals surface area contributed by atoms with E-state index in [0.29, 0.717) is 11.7 Å². The molecule has 1 N–H and O–H groups in total. The first-order valence-corrected chi connectivity index (χ1v) is 7.55. The minimum absolute atomic E-state index is 0.354. The molecule has 19 heavy (non-hydrogen) atoms. The highest BCUT2D eigenvalue weighted by atomic mass is 32.1. The Morgan fingerprint density at radius 1 is 1.47 bits per heavy atom. The number of aromatic nitrogens is 1. The van der Waals surface area contributed by atoms with Gasteiger partial charge in [0.05, 0.1) is 7.11 Å². The molecule has 5 nitrogen and oxygen atoms in total. The largest absolute Gasteiger partial charge is 0.464 e. The number of esters is 1. The van der Waals surface area contributed by atoms with Gasteiger partial charge in [0.1, 0.15) is 0 Å². The fourth-order valence-corrected chi connectivity index (χ4v) is 3.47. The van der Waals surface area contributed by atoms with E-state index in [0.717, 1.165) is 29.0 Å². The van der Waals surface area contributed by atoms with Gasteiger partial charge in [-0.15, -0.1) is 11.3 Å². The molecule has 1 unspecified atom stereocenters. The molecule has 1 aromatic heterocycles. The molecule has 0 bridgehead atoms. The van der Waals surface area contributed by atoms with Gasteiger partial charge in [-0.1, -0.05) is 0 Å². The van der Waals surface area contributed by atoms with Gasteiger partial charge < -0.3 is 10.1 Å². The molecule has 2 fully saturated rings. The number of nitrogens with zero attached hydrogens (tertiary/aromatic N) is 2. The zero-order valence-corrected chi connectivity index (χ0v) is 12.1. The number of ether oxygens (including phenoxy) is 1. The van der Waals surface area contributed by atoms with E-state index >= 15 is 0 Å². The minimum atomic E-state index is -0.354. The van der Waals surface area contributed by atoms with Gasteiger partial charge in [-0.25, -0.2) is 9.78 Å². The van der Waals surface area contributed by atoms with E-state index in [-0.39, 0.29) is 5.97 Å². The number of carbonyl (C=O) groups excluding carboxylic acids is 1. The van der Waals surface area contributed by atoms with Crippen molar-refractivity contribution in [3.8, 4) is 0 Å². The summed E-state index contributed by atoms with van der Waals surface area (Å²) in [5.41, 5.74) is 0.437. The first-order valence-electron chi connectivity index (χ1n) is 6.73. The number of hydrogen-bond donors (Lipinski definition) is 1. The monoisotopic (exact) mass is 281 g/mol. The van der Waals surface area contributed by atoms with Crippen LogP contribution in [-0.2, 0) is 4.74 Å². The van der Waals surface area contributed by atoms with Crippen LogP contribution in [0.25, 0.3) is 0 Å². The summed E-state index contributed by atoms with van der Waals surface area (Å²) in [4.78, 5) is 19.3. The van der Waals surface area contributed by atoms with Gasteiger partial charge in [0.25, 0.3) is 0 Å². The van der Waals surface area contributed by atoms with E-state index in [4.69, 9.17) is 4.74 Å². The van der Waals surface area contributed by atoms with Crippen LogP contribution < -0.4 is 5.32 Å². The number of methoxy groups -OCH3 is 1. The molecule has 3 rings (SSSR count). The van der Waals surface area contributed by atoms with Gasteiger partial charge in [-0.3, -0.25) is 4.90 Å². The predicted octanol–water partition coefficient (Wildman–Crippen LogP) is 1.89. The summed E-state index contributed by atoms with van der Waals surface area (Å²) in [6.07, 6.45) is 3.87. The third-order valence-corrected chi connectivity index (χ3v) is 4.69. The minimum Gasteiger partial charge on any atom is -0.464 e. The third kappa shape index (κ3) is 2.74. The van der Waals surface area contributed by atoms with Gasteiger partial charge in [-0.2, -0.15) is 0 Å². The maximum Gasteiger partial charge on any atom is 0.357 e. The Balaban J connectivity index is 1.62. The molecule has 0 radical (unpaired) electrons. The molecule has 1 aliphatic heterocycles. The highest BCUT2D eigenvalue weighted by molar-refractivity contribution is 7.15. The molecule has 2 aliphatic rings. The highest BCUT2D eigenvalue weighted by Crippen LogP contribution is 2.31. The summed E-state index contributed by atoms with van der Waals surface area (Å²) in [6.45, 7) is 4.17. The van der Waals surface area contributed by atoms with Crippen LogP contribution >= 0.6 is 11.3 Å². The van der Waals surface area contributed by atoms with E-state index in [1.165, 1.54) is 37.8 Å². The summed E-state index contributed by atoms with van der Waals surface area (Å²) >= 11 is 1.53. The summed E-state index contributed by atoms with van der Waals surface area (Å²) in [5.74, 6) is -0.354. The Hall–Kier alpha value is -1.14. The highest BCUT2D eigenvalue weighted by Gasteiger charge is 2.34. The van der Waals surface area contributed by atoms with Crippen LogP contribution in [0.3, 0.4) is 0 Å². The topological polar surface area (TPSA) is 54.5 Å². The van der Waals surface area contributed by atoms with E-state index in [1.807, 2.05) is 6.92 Å². The van der Waals surface area contributed by atoms with Crippen molar-refractivity contribution >= 4 is 22.4 Å². The molecule has 0 aromatic carbocycles. The molecular weight excluding hydrogens is 262 g/mol. The number of nitrogens with one attached hydrogen (secondary N) is 1. The number of rotatable bonds is 4. The van der Waals surface area contributed by atoms with Crippen molar-refractivity contribution in [3.05, 3.63) is 10.6 Å². The first-order chi connectivity index (χ1) is 9.17. The second-order valence-electron chi connectivity index (χ2n) is 5.27. The molecule has 104 valence electrons. The number of aryl methyl sites for hydroxylation is 1. The summed E-state index contributed by atoms with van der Waals surface area (Å²) in [5, 5.41) is 4.29. The summed E-state index contributed by atoms with van der Waals surface area (Å²) in [6, 6.07) is 1.28. The fraction of sp³-hybridized carbons (Fsp3) is 0.692. The molecule has 0 amide bonds. The molecule has 1 aromatic rings. The van der Waals surface area contributed by atoms with Crippen molar-refractivity contribution in [1.29, 1.82) is 0 Å². The SMILES string of the molecule is COC(=O)c1nc(NC2CCN(C3CC3)C2)sc1C. The predicted molar refractivity (Wildman–Crippen MR) is 74.8 cm³/mol. The molecule has 1 saturated carbocycles. The summed E-state index contributed by atoms with van der Waals surface area (Å²) in [7, 11) is 1.39. The lowest BCUT2D eigenvalue weighted by molar-refractivity contribution is 0.0594. The van der Waals surface area contributed by atoms with Crippen LogP contribution in [-0.4, -0.2) is 48.1 Å². The average Bonchev–Trinajstić information content (AvgIpc) is 3.05. The molecular formula is C13H19N3O2S. The van der Waals surface area contributed by atoms with Gasteiger partial charge in [0.15, 0.2) is 10.8 Å². The molecule has 1 aliphatic carbocycles. The van der Waals surface area contributed by atoms with Gasteiger partial charge in [0, 0.05) is 30.1 Å². The number of thiazole rings is 1. The third-order valence-electron chi connectivity index (χ3n) is 3.79.